The van der Waals surface area contributed by atoms with Crippen molar-refractivity contribution in [1.29, 1.82) is 0 Å². The van der Waals surface area contributed by atoms with Crippen LogP contribution in [0.1, 0.15) is 46.7 Å². The van der Waals surface area contributed by atoms with Crippen LogP contribution in [0.4, 0.5) is 5.69 Å². The second-order valence-corrected chi connectivity index (χ2v) is 9.89. The van der Waals surface area contributed by atoms with Gasteiger partial charge in [-0.1, -0.05) is 12.0 Å². The average Bonchev–Trinajstić information content (AvgIpc) is 3.53. The van der Waals surface area contributed by atoms with Gasteiger partial charge in [-0.2, -0.15) is 8.42 Å². The summed E-state index contributed by atoms with van der Waals surface area (Å²) in [5.74, 6) is 7.49. The summed E-state index contributed by atoms with van der Waals surface area (Å²) in [4.78, 5) is 4.17. The van der Waals surface area contributed by atoms with E-state index in [2.05, 4.69) is 21.5 Å². The predicted octanol–water partition coefficient (Wildman–Crippen LogP) is 3.22. The van der Waals surface area contributed by atoms with Gasteiger partial charge >= 0.3 is 0 Å². The molecular formula is C23H22N2O6S2. The van der Waals surface area contributed by atoms with E-state index < -0.39 is 16.3 Å². The molecule has 2 aromatic carbocycles. The van der Waals surface area contributed by atoms with Crippen molar-refractivity contribution in [3.05, 3.63) is 63.5 Å². The van der Waals surface area contributed by atoms with Crippen molar-refractivity contribution in [3.63, 3.8) is 0 Å². The van der Waals surface area contributed by atoms with Crippen LogP contribution in [0.2, 0.25) is 0 Å². The Morgan fingerprint density at radius 1 is 1.12 bits per heavy atom. The number of aromatic nitrogens is 1. The van der Waals surface area contributed by atoms with Crippen LogP contribution in [0.3, 0.4) is 0 Å². The number of nitrogens with zero attached hydrogens (tertiary/aromatic N) is 1. The van der Waals surface area contributed by atoms with Gasteiger partial charge in [-0.3, -0.25) is 4.72 Å². The van der Waals surface area contributed by atoms with Crippen molar-refractivity contribution in [2.45, 2.75) is 30.1 Å². The molecule has 0 unspecified atom stereocenters. The molecule has 1 aromatic heterocycles. The molecule has 8 nitrogen and oxygen atoms in total. The number of rotatable bonds is 7. The first-order valence-electron chi connectivity index (χ1n) is 10.0. The zero-order chi connectivity index (χ0) is 23.6. The zero-order valence-electron chi connectivity index (χ0n) is 17.9. The molecule has 0 atom stereocenters. The number of aliphatic hydroxyl groups excluding tert-OH is 1. The smallest absolute Gasteiger partial charge is 0.280 e. The maximum absolute atomic E-state index is 12.8. The second-order valence-electron chi connectivity index (χ2n) is 7.41. The highest BCUT2D eigenvalue weighted by Crippen LogP contribution is 2.42. The number of nitrogens with one attached hydrogen (secondary N) is 1. The Morgan fingerprint density at radius 2 is 1.91 bits per heavy atom. The molecule has 4 rings (SSSR count). The zero-order valence-corrected chi connectivity index (χ0v) is 19.5. The van der Waals surface area contributed by atoms with Crippen LogP contribution in [0.25, 0.3) is 0 Å². The lowest BCUT2D eigenvalue weighted by molar-refractivity contribution is -0.0425. The Labute approximate surface area is 195 Å². The van der Waals surface area contributed by atoms with E-state index in [1.54, 1.807) is 7.11 Å². The number of benzene rings is 2. The van der Waals surface area contributed by atoms with Gasteiger partial charge < -0.3 is 19.7 Å². The van der Waals surface area contributed by atoms with Crippen molar-refractivity contribution < 1.29 is 28.1 Å². The third-order valence-electron chi connectivity index (χ3n) is 5.11. The summed E-state index contributed by atoms with van der Waals surface area (Å²) in [6.07, 6.45) is 0.541. The number of anilines is 1. The molecule has 33 heavy (non-hydrogen) atoms. The molecule has 1 aliphatic carbocycles. The second kappa shape index (κ2) is 9.41. The van der Waals surface area contributed by atoms with E-state index in [9.17, 15) is 18.6 Å². The van der Waals surface area contributed by atoms with Crippen molar-refractivity contribution in [2.24, 2.45) is 0 Å². The van der Waals surface area contributed by atoms with E-state index in [1.807, 2.05) is 18.2 Å². The number of thiazole rings is 1. The molecule has 172 valence electrons. The van der Waals surface area contributed by atoms with Gasteiger partial charge in [0, 0.05) is 16.5 Å². The van der Waals surface area contributed by atoms with Gasteiger partial charge in [0.1, 0.15) is 11.5 Å². The first-order valence-corrected chi connectivity index (χ1v) is 12.4. The minimum Gasteiger partial charge on any atom is -0.497 e. The summed E-state index contributed by atoms with van der Waals surface area (Å²) < 4.78 is 38.5. The van der Waals surface area contributed by atoms with E-state index in [4.69, 9.17) is 9.47 Å². The molecule has 0 aliphatic heterocycles. The fraction of sp³-hybridized carbons (Fsp3) is 0.261. The van der Waals surface area contributed by atoms with Gasteiger partial charge in [0.15, 0.2) is 16.3 Å². The van der Waals surface area contributed by atoms with Gasteiger partial charge in [0.25, 0.3) is 10.0 Å². The highest BCUT2D eigenvalue weighted by Gasteiger charge is 2.26. The standard InChI is InChI=1S/C23H22N2O6S2/c1-30-17-8-5-15(18(12-17)14-3-4-14)7-10-21-24-22(13-32-21)33(28,29)25-19-9-6-16(23(26)27)11-20(19)31-2/h5-6,8-9,11-14,23,25-27H,3-4H2,1-2H3. The molecule has 1 aliphatic rings. The minimum atomic E-state index is -4.00. The molecule has 1 fully saturated rings. The number of hydrogen-bond donors (Lipinski definition) is 3. The number of ether oxygens (including phenoxy) is 2. The Kier molecular flexibility index (Phi) is 6.58. The van der Waals surface area contributed by atoms with Crippen molar-refractivity contribution in [3.8, 4) is 23.3 Å². The molecule has 1 saturated carbocycles. The summed E-state index contributed by atoms with van der Waals surface area (Å²) in [6, 6.07) is 9.87. The molecule has 3 aromatic rings. The Bertz CT molecular complexity index is 1330. The number of sulfonamides is 1. The lowest BCUT2D eigenvalue weighted by Gasteiger charge is -2.13. The number of aliphatic hydroxyl groups is 2. The average molecular weight is 487 g/mol. The van der Waals surface area contributed by atoms with Gasteiger partial charge in [-0.05, 0) is 60.6 Å². The van der Waals surface area contributed by atoms with Crippen LogP contribution in [-0.2, 0) is 10.0 Å². The summed E-state index contributed by atoms with van der Waals surface area (Å²) in [7, 11) is -1.02. The molecule has 0 saturated heterocycles. The first kappa shape index (κ1) is 23.1. The molecular weight excluding hydrogens is 464 g/mol. The molecule has 10 heteroatoms. The van der Waals surface area contributed by atoms with Crippen LogP contribution in [0, 0.1) is 11.8 Å². The largest absolute Gasteiger partial charge is 0.497 e. The highest BCUT2D eigenvalue weighted by atomic mass is 32.2. The van der Waals surface area contributed by atoms with Crippen molar-refractivity contribution in [2.75, 3.05) is 18.9 Å². The fourth-order valence-corrected chi connectivity index (χ4v) is 5.23. The normalized spacial score (nSPS) is 13.4. The maximum Gasteiger partial charge on any atom is 0.280 e. The molecule has 0 radical (unpaired) electrons. The van der Waals surface area contributed by atoms with Crippen LogP contribution in [0.15, 0.2) is 46.8 Å². The monoisotopic (exact) mass is 486 g/mol. The van der Waals surface area contributed by atoms with Crippen LogP contribution in [0.5, 0.6) is 11.5 Å². The topological polar surface area (TPSA) is 118 Å². The van der Waals surface area contributed by atoms with E-state index in [1.165, 1.54) is 30.7 Å². The summed E-state index contributed by atoms with van der Waals surface area (Å²) in [5, 5.41) is 20.2. The van der Waals surface area contributed by atoms with Crippen LogP contribution < -0.4 is 14.2 Å². The molecule has 0 spiro atoms. The minimum absolute atomic E-state index is 0.145. The van der Waals surface area contributed by atoms with E-state index in [0.29, 0.717) is 10.9 Å². The van der Waals surface area contributed by atoms with Crippen molar-refractivity contribution in [1.82, 2.24) is 4.98 Å². The molecule has 1 heterocycles. The fourth-order valence-electron chi connectivity index (χ4n) is 3.22. The van der Waals surface area contributed by atoms with Gasteiger partial charge in [0.2, 0.25) is 0 Å². The molecule has 3 N–H and O–H groups in total. The quantitative estimate of drug-likeness (QED) is 0.347. The van der Waals surface area contributed by atoms with Gasteiger partial charge in [-0.25, -0.2) is 4.98 Å². The highest BCUT2D eigenvalue weighted by molar-refractivity contribution is 7.92. The third-order valence-corrected chi connectivity index (χ3v) is 7.26. The number of hydrogen-bond acceptors (Lipinski definition) is 8. The van der Waals surface area contributed by atoms with Gasteiger partial charge in [-0.15, -0.1) is 11.3 Å². The lowest BCUT2D eigenvalue weighted by atomic mass is 10.0. The van der Waals surface area contributed by atoms with Gasteiger partial charge in [0.05, 0.1) is 19.9 Å². The Balaban J connectivity index is 1.56. The SMILES string of the molecule is COc1ccc(C#Cc2nc(S(=O)(=O)Nc3ccc(C(O)O)cc3OC)cs2)c(C2CC2)c1. The number of methoxy groups -OCH3 is 2. The summed E-state index contributed by atoms with van der Waals surface area (Å²) in [6.45, 7) is 0. The van der Waals surface area contributed by atoms with E-state index in [0.717, 1.165) is 41.1 Å². The maximum atomic E-state index is 12.8. The predicted molar refractivity (Wildman–Crippen MR) is 124 cm³/mol. The third kappa shape index (κ3) is 5.29. The van der Waals surface area contributed by atoms with Crippen molar-refractivity contribution >= 4 is 27.0 Å². The van der Waals surface area contributed by atoms with Crippen LogP contribution >= 0.6 is 11.3 Å². The first-order chi connectivity index (χ1) is 15.8. The summed E-state index contributed by atoms with van der Waals surface area (Å²) in [5.41, 5.74) is 2.34. The van der Waals surface area contributed by atoms with Crippen LogP contribution in [-0.4, -0.2) is 37.8 Å². The Hall–Kier alpha value is -3.10. The lowest BCUT2D eigenvalue weighted by Crippen LogP contribution is -2.14. The molecule has 0 amide bonds. The molecule has 0 bridgehead atoms. The van der Waals surface area contributed by atoms with E-state index in [-0.39, 0.29) is 22.0 Å². The van der Waals surface area contributed by atoms with E-state index >= 15 is 0 Å². The Morgan fingerprint density at radius 3 is 2.58 bits per heavy atom. The summed E-state index contributed by atoms with van der Waals surface area (Å²) >= 11 is 1.13.